The van der Waals surface area contributed by atoms with Crippen molar-refractivity contribution < 1.29 is 27.4 Å². The van der Waals surface area contributed by atoms with Gasteiger partial charge in [0, 0.05) is 23.7 Å². The van der Waals surface area contributed by atoms with Crippen LogP contribution in [0.5, 0.6) is 11.5 Å². The van der Waals surface area contributed by atoms with Crippen LogP contribution in [0.15, 0.2) is 64.9 Å². The largest absolute Gasteiger partial charge is 0.497 e. The molecule has 4 rings (SSSR count). The molecule has 36 heavy (non-hydrogen) atoms. The molecule has 0 radical (unpaired) electrons. The standard InChI is InChI=1S/C27H28F3N3O3/c1-5-7-25(34)31-18-10-11-23(27(28,29)30)24(14-18)33-16(2)21-8-6-9-22(21)26(32-33)17-12-19(35-3)15-20(13-17)36-4/h10-15H,2,5-9H2,1,3-4H3,(H,31,34). The fourth-order valence-electron chi connectivity index (χ4n) is 4.52. The Hall–Kier alpha value is -3.75. The number of amides is 1. The number of carbonyl (C=O) groups is 1. The number of halogens is 3. The number of allylic oxidation sites excluding steroid dienone is 2. The summed E-state index contributed by atoms with van der Waals surface area (Å²) < 4.78 is 53.1. The average molecular weight is 500 g/mol. The van der Waals surface area contributed by atoms with Crippen LogP contribution in [0.1, 0.15) is 50.2 Å². The number of benzene rings is 2. The van der Waals surface area contributed by atoms with E-state index >= 15 is 0 Å². The average Bonchev–Trinajstić information content (AvgIpc) is 3.34. The van der Waals surface area contributed by atoms with Crippen LogP contribution in [0.2, 0.25) is 0 Å². The molecule has 2 aromatic rings. The summed E-state index contributed by atoms with van der Waals surface area (Å²) in [5.41, 5.74) is 2.61. The molecular weight excluding hydrogens is 471 g/mol. The molecular formula is C27H28F3N3O3. The van der Waals surface area contributed by atoms with E-state index in [0.717, 1.165) is 30.1 Å². The van der Waals surface area contributed by atoms with E-state index in [9.17, 15) is 18.0 Å². The second kappa shape index (κ2) is 10.1. The zero-order chi connectivity index (χ0) is 26.0. The van der Waals surface area contributed by atoms with Gasteiger partial charge in [0.1, 0.15) is 11.5 Å². The topological polar surface area (TPSA) is 63.2 Å². The van der Waals surface area contributed by atoms with E-state index in [4.69, 9.17) is 14.6 Å². The minimum absolute atomic E-state index is 0.201. The first kappa shape index (κ1) is 25.3. The summed E-state index contributed by atoms with van der Waals surface area (Å²) in [5.74, 6) is 0.814. The minimum Gasteiger partial charge on any atom is -0.497 e. The first-order valence-corrected chi connectivity index (χ1v) is 11.7. The van der Waals surface area contributed by atoms with Gasteiger partial charge in [0.2, 0.25) is 5.91 Å². The zero-order valence-corrected chi connectivity index (χ0v) is 20.5. The molecule has 2 aromatic carbocycles. The highest BCUT2D eigenvalue weighted by atomic mass is 19.4. The molecule has 1 aliphatic carbocycles. The van der Waals surface area contributed by atoms with Crippen LogP contribution in [0.3, 0.4) is 0 Å². The lowest BCUT2D eigenvalue weighted by molar-refractivity contribution is -0.137. The second-order valence-corrected chi connectivity index (χ2v) is 8.65. The second-order valence-electron chi connectivity index (χ2n) is 8.65. The van der Waals surface area contributed by atoms with Crippen LogP contribution in [0.4, 0.5) is 24.5 Å². The molecule has 190 valence electrons. The molecule has 0 bridgehead atoms. The van der Waals surface area contributed by atoms with Gasteiger partial charge in [0.25, 0.3) is 0 Å². The Morgan fingerprint density at radius 1 is 1.08 bits per heavy atom. The lowest BCUT2D eigenvalue weighted by Gasteiger charge is -2.31. The first-order chi connectivity index (χ1) is 17.2. The van der Waals surface area contributed by atoms with Crippen LogP contribution in [0, 0.1) is 0 Å². The van der Waals surface area contributed by atoms with Gasteiger partial charge in [-0.1, -0.05) is 13.5 Å². The third-order valence-electron chi connectivity index (χ3n) is 6.22. The quantitative estimate of drug-likeness (QED) is 0.462. The number of hydrogen-bond donors (Lipinski definition) is 1. The summed E-state index contributed by atoms with van der Waals surface area (Å²) in [6, 6.07) is 8.80. The van der Waals surface area contributed by atoms with Crippen molar-refractivity contribution in [2.45, 2.75) is 45.2 Å². The van der Waals surface area contributed by atoms with Gasteiger partial charge in [-0.15, -0.1) is 0 Å². The molecule has 9 heteroatoms. The highest BCUT2D eigenvalue weighted by Gasteiger charge is 2.38. The fourth-order valence-corrected chi connectivity index (χ4v) is 4.52. The van der Waals surface area contributed by atoms with Crippen LogP contribution in [-0.2, 0) is 11.0 Å². The van der Waals surface area contributed by atoms with Gasteiger partial charge in [-0.2, -0.15) is 18.3 Å². The lowest BCUT2D eigenvalue weighted by atomic mass is 9.95. The van der Waals surface area contributed by atoms with E-state index in [2.05, 4.69) is 11.9 Å². The van der Waals surface area contributed by atoms with E-state index in [1.165, 1.54) is 31.4 Å². The molecule has 0 saturated carbocycles. The number of nitrogens with zero attached hydrogens (tertiary/aromatic N) is 2. The van der Waals surface area contributed by atoms with Crippen molar-refractivity contribution >= 4 is 23.0 Å². The lowest BCUT2D eigenvalue weighted by Crippen LogP contribution is -2.27. The molecule has 0 fully saturated rings. The normalized spacial score (nSPS) is 15.6. The van der Waals surface area contributed by atoms with E-state index < -0.39 is 11.7 Å². The molecule has 1 amide bonds. The van der Waals surface area contributed by atoms with Crippen molar-refractivity contribution in [3.63, 3.8) is 0 Å². The number of rotatable bonds is 7. The zero-order valence-electron chi connectivity index (χ0n) is 20.5. The van der Waals surface area contributed by atoms with Gasteiger partial charge in [0.15, 0.2) is 0 Å². The Bertz CT molecular complexity index is 1240. The van der Waals surface area contributed by atoms with E-state index in [0.29, 0.717) is 41.3 Å². The molecule has 6 nitrogen and oxygen atoms in total. The summed E-state index contributed by atoms with van der Waals surface area (Å²) in [5, 5.41) is 8.62. The Kier molecular flexibility index (Phi) is 7.10. The van der Waals surface area contributed by atoms with Gasteiger partial charge in [-0.25, -0.2) is 5.01 Å². The molecule has 0 aromatic heterocycles. The van der Waals surface area contributed by atoms with Crippen molar-refractivity contribution in [1.82, 2.24) is 0 Å². The van der Waals surface area contributed by atoms with Crippen molar-refractivity contribution in [1.29, 1.82) is 0 Å². The Labute approximate surface area is 208 Å². The predicted octanol–water partition coefficient (Wildman–Crippen LogP) is 6.68. The molecule has 2 aliphatic rings. The van der Waals surface area contributed by atoms with Crippen molar-refractivity contribution in [3.8, 4) is 11.5 Å². The summed E-state index contributed by atoms with van der Waals surface area (Å²) in [7, 11) is 3.06. The third-order valence-corrected chi connectivity index (χ3v) is 6.22. The van der Waals surface area contributed by atoms with Crippen molar-refractivity contribution in [2.75, 3.05) is 24.5 Å². The van der Waals surface area contributed by atoms with Gasteiger partial charge < -0.3 is 14.8 Å². The highest BCUT2D eigenvalue weighted by Crippen LogP contribution is 2.45. The predicted molar refractivity (Wildman–Crippen MR) is 134 cm³/mol. The number of hydrogen-bond acceptors (Lipinski definition) is 5. The first-order valence-electron chi connectivity index (χ1n) is 11.7. The monoisotopic (exact) mass is 499 g/mol. The van der Waals surface area contributed by atoms with Gasteiger partial charge in [-0.05, 0) is 67.2 Å². The summed E-state index contributed by atoms with van der Waals surface area (Å²) in [6.07, 6.45) is -1.49. The smallest absolute Gasteiger partial charge is 0.418 e. The Balaban J connectivity index is 1.88. The van der Waals surface area contributed by atoms with Gasteiger partial charge in [-0.3, -0.25) is 4.79 Å². The van der Waals surface area contributed by atoms with Crippen molar-refractivity contribution in [2.24, 2.45) is 5.10 Å². The number of anilines is 2. The minimum atomic E-state index is -4.64. The van der Waals surface area contributed by atoms with Crippen LogP contribution in [0.25, 0.3) is 0 Å². The van der Waals surface area contributed by atoms with Crippen molar-refractivity contribution in [3.05, 3.63) is 70.9 Å². The number of alkyl halides is 3. The van der Waals surface area contributed by atoms with Crippen LogP contribution >= 0.6 is 0 Å². The molecule has 1 heterocycles. The maximum absolute atomic E-state index is 14.1. The molecule has 0 atom stereocenters. The number of methoxy groups -OCH3 is 2. The molecule has 0 saturated heterocycles. The summed E-state index contributed by atoms with van der Waals surface area (Å²) in [4.78, 5) is 12.1. The molecule has 0 spiro atoms. The summed E-state index contributed by atoms with van der Waals surface area (Å²) in [6.45, 7) is 5.96. The van der Waals surface area contributed by atoms with Gasteiger partial charge >= 0.3 is 6.18 Å². The summed E-state index contributed by atoms with van der Waals surface area (Å²) >= 11 is 0. The fraction of sp³-hybridized carbons (Fsp3) is 0.333. The number of hydrazone groups is 1. The highest BCUT2D eigenvalue weighted by molar-refractivity contribution is 6.15. The van der Waals surface area contributed by atoms with E-state index in [1.54, 1.807) is 18.2 Å². The third kappa shape index (κ3) is 4.96. The number of ether oxygens (including phenoxy) is 2. The maximum atomic E-state index is 14.1. The Morgan fingerprint density at radius 3 is 2.36 bits per heavy atom. The number of carbonyl (C=O) groups excluding carboxylic acids is 1. The van der Waals surface area contributed by atoms with E-state index in [-0.39, 0.29) is 23.7 Å². The Morgan fingerprint density at radius 2 is 1.75 bits per heavy atom. The van der Waals surface area contributed by atoms with Crippen LogP contribution < -0.4 is 19.8 Å². The molecule has 1 aliphatic heterocycles. The molecule has 1 N–H and O–H groups in total. The van der Waals surface area contributed by atoms with E-state index in [1.807, 2.05) is 6.92 Å². The molecule has 0 unspecified atom stereocenters. The maximum Gasteiger partial charge on any atom is 0.418 e. The van der Waals surface area contributed by atoms with Crippen LogP contribution in [-0.4, -0.2) is 25.8 Å². The van der Waals surface area contributed by atoms with Gasteiger partial charge in [0.05, 0.1) is 36.9 Å². The SMILES string of the molecule is C=C1C2=C(CCC2)C(c2cc(OC)cc(OC)c2)=NN1c1cc(NC(=O)CCC)ccc1C(F)(F)F. The number of nitrogens with one attached hydrogen (secondary N) is 1.